The van der Waals surface area contributed by atoms with Crippen molar-refractivity contribution in [3.63, 3.8) is 0 Å². The van der Waals surface area contributed by atoms with E-state index in [4.69, 9.17) is 28.4 Å². The molecule has 0 spiro atoms. The van der Waals surface area contributed by atoms with Crippen LogP contribution in [0.25, 0.3) is 0 Å². The first-order valence-corrected chi connectivity index (χ1v) is 22.4. The van der Waals surface area contributed by atoms with Crippen molar-refractivity contribution >= 4 is 29.8 Å². The third kappa shape index (κ3) is 7.84. The average molecular weight is 813 g/mol. The summed E-state index contributed by atoms with van der Waals surface area (Å²) < 4.78 is 36.4. The van der Waals surface area contributed by atoms with Gasteiger partial charge in [-0.15, -0.1) is 0 Å². The van der Waals surface area contributed by atoms with Crippen LogP contribution in [0.1, 0.15) is 170 Å². The number of hydrogen-bond donors (Lipinski definition) is 1. The number of esters is 5. The SMILES string of the molecule is CCC(C)(CC(C)(CC(C)(C)C(=O)OC1CC(C)(C)OC1=O)C(=O)OC12CC3CC(CC(O)(C3)C1)C2)C(=O)OC12CC3CC(C1)CC(C(=O)OC1CCCCO1)(C3)C2. The lowest BCUT2D eigenvalue weighted by Crippen LogP contribution is -2.61. The molecule has 8 unspecified atom stereocenters. The maximum Gasteiger partial charge on any atom is 0.348 e. The van der Waals surface area contributed by atoms with Gasteiger partial charge in [0.05, 0.1) is 33.9 Å². The molecule has 12 heteroatoms. The fraction of sp³-hybridized carbons (Fsp3) is 0.891. The van der Waals surface area contributed by atoms with Crippen LogP contribution in [0, 0.1) is 45.3 Å². The summed E-state index contributed by atoms with van der Waals surface area (Å²) in [5.74, 6) is -1.36. The number of carbonyl (C=O) groups excluding carboxylic acids is 5. The maximum atomic E-state index is 15.0. The van der Waals surface area contributed by atoms with E-state index in [1.54, 1.807) is 34.6 Å². The van der Waals surface area contributed by atoms with Crippen LogP contribution >= 0.6 is 0 Å². The van der Waals surface area contributed by atoms with Gasteiger partial charge >= 0.3 is 29.8 Å². The Kier molecular flexibility index (Phi) is 10.3. The van der Waals surface area contributed by atoms with Gasteiger partial charge in [0.15, 0.2) is 0 Å². The van der Waals surface area contributed by atoms with Crippen LogP contribution < -0.4 is 0 Å². The van der Waals surface area contributed by atoms with Gasteiger partial charge < -0.3 is 33.5 Å². The van der Waals surface area contributed by atoms with E-state index in [1.807, 2.05) is 13.8 Å². The van der Waals surface area contributed by atoms with Crippen LogP contribution in [0.3, 0.4) is 0 Å². The van der Waals surface area contributed by atoms with Gasteiger partial charge in [0.2, 0.25) is 12.4 Å². The molecule has 8 saturated carbocycles. The smallest absolute Gasteiger partial charge is 0.348 e. The Morgan fingerprint density at radius 2 is 1.29 bits per heavy atom. The lowest BCUT2D eigenvalue weighted by atomic mass is 9.48. The predicted molar refractivity (Wildman–Crippen MR) is 208 cm³/mol. The summed E-state index contributed by atoms with van der Waals surface area (Å²) in [6.45, 7) is 13.0. The summed E-state index contributed by atoms with van der Waals surface area (Å²) in [7, 11) is 0. The fourth-order valence-electron chi connectivity index (χ4n) is 14.2. The van der Waals surface area contributed by atoms with E-state index in [1.165, 1.54) is 0 Å². The molecule has 0 aromatic carbocycles. The highest BCUT2D eigenvalue weighted by Crippen LogP contribution is 2.64. The number of rotatable bonds is 13. The number of ether oxygens (including phenoxy) is 6. The minimum atomic E-state index is -1.37. The summed E-state index contributed by atoms with van der Waals surface area (Å²) in [5.41, 5.74) is -7.79. The molecular formula is C46H68O12. The molecule has 2 saturated heterocycles. The first kappa shape index (κ1) is 42.0. The molecule has 1 N–H and O–H groups in total. The molecule has 8 bridgehead atoms. The lowest BCUT2D eigenvalue weighted by molar-refractivity contribution is -0.234. The van der Waals surface area contributed by atoms with Crippen LogP contribution in [0.15, 0.2) is 0 Å². The number of aliphatic hydroxyl groups is 1. The summed E-state index contributed by atoms with van der Waals surface area (Å²) >= 11 is 0. The second kappa shape index (κ2) is 14.2. The van der Waals surface area contributed by atoms with E-state index < -0.39 is 80.3 Å². The molecule has 8 atom stereocenters. The fourth-order valence-corrected chi connectivity index (χ4v) is 14.2. The molecule has 10 aliphatic rings. The van der Waals surface area contributed by atoms with E-state index >= 15 is 0 Å². The van der Waals surface area contributed by atoms with Gasteiger partial charge in [-0.2, -0.15) is 0 Å². The average Bonchev–Trinajstić information content (AvgIpc) is 3.36. The molecule has 324 valence electrons. The molecule has 12 nitrogen and oxygen atoms in total. The second-order valence-corrected chi connectivity index (χ2v) is 22.8. The summed E-state index contributed by atoms with van der Waals surface area (Å²) in [5, 5.41) is 11.5. The van der Waals surface area contributed by atoms with Gasteiger partial charge in [-0.05, 0) is 162 Å². The van der Waals surface area contributed by atoms with Gasteiger partial charge in [0.25, 0.3) is 0 Å². The highest BCUT2D eigenvalue weighted by molar-refractivity contribution is 5.85. The zero-order valence-electron chi connectivity index (χ0n) is 36.0. The van der Waals surface area contributed by atoms with Gasteiger partial charge in [-0.3, -0.25) is 19.2 Å². The van der Waals surface area contributed by atoms with Gasteiger partial charge in [0, 0.05) is 25.7 Å². The molecule has 0 aromatic heterocycles. The Morgan fingerprint density at radius 1 is 0.724 bits per heavy atom. The zero-order valence-corrected chi connectivity index (χ0v) is 36.0. The standard InChI is InChI=1S/C46H68O12/c1-8-41(6,36(49)57-45-19-28-13-29(20-45)16-43(15-28,26-45)38(51)55-33-11-9-10-12-53-33)25-42(7,24-39(2,3)35(48)54-32-23-40(4,5)56-34(32)47)37(50)58-46-21-30-14-31(22-46)18-44(52,17-30)27-46/h28-33,52H,8-27H2,1-7H3. The lowest BCUT2D eigenvalue weighted by Gasteiger charge is -2.60. The molecule has 0 amide bonds. The summed E-state index contributed by atoms with van der Waals surface area (Å²) in [6.07, 6.45) is 10.1. The van der Waals surface area contributed by atoms with Crippen molar-refractivity contribution in [2.75, 3.05) is 6.61 Å². The first-order valence-electron chi connectivity index (χ1n) is 22.4. The highest BCUT2D eigenvalue weighted by atomic mass is 16.7. The van der Waals surface area contributed by atoms with E-state index in [2.05, 4.69) is 0 Å². The van der Waals surface area contributed by atoms with Gasteiger partial charge in [0.1, 0.15) is 16.8 Å². The third-order valence-corrected chi connectivity index (χ3v) is 15.9. The molecule has 10 rings (SSSR count). The van der Waals surface area contributed by atoms with Crippen molar-refractivity contribution in [1.29, 1.82) is 0 Å². The molecule has 10 fully saturated rings. The minimum Gasteiger partial charge on any atom is -0.459 e. The molecule has 0 radical (unpaired) electrons. The van der Waals surface area contributed by atoms with Crippen molar-refractivity contribution < 1.29 is 57.5 Å². The van der Waals surface area contributed by atoms with Crippen molar-refractivity contribution in [1.82, 2.24) is 0 Å². The first-order chi connectivity index (χ1) is 27.0. The van der Waals surface area contributed by atoms with Gasteiger partial charge in [-0.1, -0.05) is 6.92 Å². The molecular weight excluding hydrogens is 744 g/mol. The molecule has 2 heterocycles. The monoisotopic (exact) mass is 812 g/mol. The largest absolute Gasteiger partial charge is 0.459 e. The topological polar surface area (TPSA) is 161 Å². The van der Waals surface area contributed by atoms with Crippen molar-refractivity contribution in [3.8, 4) is 0 Å². The predicted octanol–water partition coefficient (Wildman–Crippen LogP) is 7.43. The summed E-state index contributed by atoms with van der Waals surface area (Å²) in [6, 6.07) is 0. The highest BCUT2D eigenvalue weighted by Gasteiger charge is 2.65. The number of cyclic esters (lactones) is 1. The van der Waals surface area contributed by atoms with Gasteiger partial charge in [-0.25, -0.2) is 4.79 Å². The van der Waals surface area contributed by atoms with Crippen molar-refractivity contribution in [2.24, 2.45) is 45.3 Å². The molecule has 8 aliphatic carbocycles. The van der Waals surface area contributed by atoms with E-state index in [0.717, 1.165) is 51.4 Å². The second-order valence-electron chi connectivity index (χ2n) is 22.8. The van der Waals surface area contributed by atoms with E-state index in [9.17, 15) is 29.1 Å². The van der Waals surface area contributed by atoms with Crippen LogP contribution in [-0.4, -0.2) is 76.4 Å². The zero-order chi connectivity index (χ0) is 41.7. The van der Waals surface area contributed by atoms with Crippen LogP contribution in [0.2, 0.25) is 0 Å². The third-order valence-electron chi connectivity index (χ3n) is 15.9. The Labute approximate surface area is 343 Å². The normalized spacial score (nSPS) is 41.6. The molecule has 2 aliphatic heterocycles. The number of carbonyl (C=O) groups is 5. The van der Waals surface area contributed by atoms with Crippen LogP contribution in [0.5, 0.6) is 0 Å². The quantitative estimate of drug-likeness (QED) is 0.145. The Morgan fingerprint density at radius 3 is 1.81 bits per heavy atom. The number of hydrogen-bond acceptors (Lipinski definition) is 12. The summed E-state index contributed by atoms with van der Waals surface area (Å²) in [4.78, 5) is 70.5. The Bertz CT molecular complexity index is 1660. The van der Waals surface area contributed by atoms with Crippen LogP contribution in [0.4, 0.5) is 0 Å². The molecule has 0 aromatic rings. The maximum absolute atomic E-state index is 15.0. The van der Waals surface area contributed by atoms with E-state index in [0.29, 0.717) is 58.0 Å². The molecule has 58 heavy (non-hydrogen) atoms. The van der Waals surface area contributed by atoms with Crippen LogP contribution in [-0.2, 0) is 52.4 Å². The Hall–Kier alpha value is -2.73. The Balaban J connectivity index is 1.04. The van der Waals surface area contributed by atoms with Crippen molar-refractivity contribution in [2.45, 2.75) is 205 Å². The van der Waals surface area contributed by atoms with E-state index in [-0.39, 0.29) is 48.9 Å². The van der Waals surface area contributed by atoms with Crippen molar-refractivity contribution in [3.05, 3.63) is 0 Å². The minimum absolute atomic E-state index is 0.0214.